The van der Waals surface area contributed by atoms with Gasteiger partial charge in [-0.3, -0.25) is 4.79 Å². The van der Waals surface area contributed by atoms with Crippen LogP contribution < -0.4 is 15.5 Å². The molecule has 0 radical (unpaired) electrons. The second kappa shape index (κ2) is 10.3. The highest BCUT2D eigenvalue weighted by atomic mass is 19.1. The molecule has 1 aliphatic rings. The van der Waals surface area contributed by atoms with Crippen molar-refractivity contribution in [1.29, 1.82) is 0 Å². The first kappa shape index (κ1) is 22.6. The maximum Gasteiger partial charge on any atom is 0.319 e. The summed E-state index contributed by atoms with van der Waals surface area (Å²) in [5.41, 5.74) is 2.34. The highest BCUT2D eigenvalue weighted by Crippen LogP contribution is 2.20. The summed E-state index contributed by atoms with van der Waals surface area (Å²) in [5, 5.41) is 5.63. The predicted molar refractivity (Wildman–Crippen MR) is 122 cm³/mol. The van der Waals surface area contributed by atoms with Crippen LogP contribution in [-0.4, -0.2) is 48.6 Å². The minimum Gasteiger partial charge on any atom is -0.369 e. The van der Waals surface area contributed by atoms with E-state index in [1.54, 1.807) is 0 Å². The second-order valence-corrected chi connectivity index (χ2v) is 8.10. The molecule has 0 saturated carbocycles. The largest absolute Gasteiger partial charge is 0.369 e. The Bertz CT molecular complexity index is 875. The molecule has 3 amide bonds. The second-order valence-electron chi connectivity index (χ2n) is 8.10. The fourth-order valence-corrected chi connectivity index (χ4v) is 3.94. The Balaban J connectivity index is 1.49. The summed E-state index contributed by atoms with van der Waals surface area (Å²) in [6.07, 6.45) is 1.38. The third-order valence-corrected chi connectivity index (χ3v) is 5.63. The van der Waals surface area contributed by atoms with Crippen LogP contribution in [0.4, 0.5) is 20.6 Å². The maximum absolute atomic E-state index is 13.0. The number of amides is 3. The molecule has 0 spiro atoms. The highest BCUT2D eigenvalue weighted by molar-refractivity contribution is 5.94. The van der Waals surface area contributed by atoms with E-state index in [0.717, 1.165) is 12.2 Å². The highest BCUT2D eigenvalue weighted by Gasteiger charge is 2.25. The summed E-state index contributed by atoms with van der Waals surface area (Å²) >= 11 is 0. The Kier molecular flexibility index (Phi) is 7.50. The molecule has 2 aromatic rings. The lowest BCUT2D eigenvalue weighted by molar-refractivity contribution is 0.0709. The molecule has 1 fully saturated rings. The first-order valence-electron chi connectivity index (χ1n) is 10.9. The lowest BCUT2D eigenvalue weighted by Crippen LogP contribution is -2.47. The molecule has 0 aliphatic carbocycles. The van der Waals surface area contributed by atoms with E-state index in [2.05, 4.69) is 36.3 Å². The zero-order chi connectivity index (χ0) is 22.4. The van der Waals surface area contributed by atoms with E-state index in [1.807, 2.05) is 29.2 Å². The molecular weight excluding hydrogens is 395 g/mol. The van der Waals surface area contributed by atoms with Crippen molar-refractivity contribution in [3.8, 4) is 0 Å². The molecule has 0 aromatic heterocycles. The summed E-state index contributed by atoms with van der Waals surface area (Å²) < 4.78 is 13.0. The quantitative estimate of drug-likeness (QED) is 0.716. The molecule has 2 aromatic carbocycles. The van der Waals surface area contributed by atoms with Gasteiger partial charge in [0.15, 0.2) is 0 Å². The Morgan fingerprint density at radius 2 is 1.68 bits per heavy atom. The lowest BCUT2D eigenvalue weighted by Gasteiger charge is -2.32. The van der Waals surface area contributed by atoms with Gasteiger partial charge in [0.05, 0.1) is 0 Å². The number of hydrogen-bond donors (Lipinski definition) is 2. The maximum atomic E-state index is 13.0. The fraction of sp³-hybridized carbons (Fsp3) is 0.417. The van der Waals surface area contributed by atoms with Gasteiger partial charge in [0, 0.05) is 48.7 Å². The van der Waals surface area contributed by atoms with Crippen molar-refractivity contribution in [2.45, 2.75) is 45.7 Å². The number of carbonyl (C=O) groups is 2. The van der Waals surface area contributed by atoms with E-state index in [0.29, 0.717) is 43.2 Å². The van der Waals surface area contributed by atoms with Crippen molar-refractivity contribution in [2.75, 3.05) is 29.9 Å². The number of hydrogen-bond acceptors (Lipinski definition) is 3. The van der Waals surface area contributed by atoms with Gasteiger partial charge in [-0.05, 0) is 82.1 Å². The Hall–Kier alpha value is -3.09. The zero-order valence-electron chi connectivity index (χ0n) is 18.4. The molecule has 3 rings (SSSR count). The summed E-state index contributed by atoms with van der Waals surface area (Å²) in [6.45, 7) is 8.53. The SMILES string of the molecule is CCN(c1ccc(C(=O)N2CCC(NC(=O)Nc3ccc(F)cc3)CC2)cc1)C(C)C. The number of halogens is 1. The van der Waals surface area contributed by atoms with Crippen LogP contribution in [0.2, 0.25) is 0 Å². The van der Waals surface area contributed by atoms with E-state index in [-0.39, 0.29) is 23.8 Å². The zero-order valence-corrected chi connectivity index (χ0v) is 18.4. The van der Waals surface area contributed by atoms with Gasteiger partial charge in [0.25, 0.3) is 5.91 Å². The minimum absolute atomic E-state index is 0.00368. The molecule has 31 heavy (non-hydrogen) atoms. The molecule has 166 valence electrons. The standard InChI is InChI=1S/C24H31FN4O2/c1-4-29(17(2)3)22-11-5-18(6-12-22)23(30)28-15-13-21(14-16-28)27-24(31)26-20-9-7-19(25)8-10-20/h5-12,17,21H,4,13-16H2,1-3H3,(H2,26,27,31). The van der Waals surface area contributed by atoms with Crippen molar-refractivity contribution < 1.29 is 14.0 Å². The van der Waals surface area contributed by atoms with E-state index < -0.39 is 0 Å². The minimum atomic E-state index is -0.347. The van der Waals surface area contributed by atoms with Gasteiger partial charge in [-0.2, -0.15) is 0 Å². The predicted octanol–water partition coefficient (Wildman–Crippen LogP) is 4.49. The van der Waals surface area contributed by atoms with Crippen molar-refractivity contribution in [2.24, 2.45) is 0 Å². The van der Waals surface area contributed by atoms with Crippen molar-refractivity contribution in [1.82, 2.24) is 10.2 Å². The fourth-order valence-electron chi connectivity index (χ4n) is 3.94. The van der Waals surface area contributed by atoms with Gasteiger partial charge in [-0.25, -0.2) is 9.18 Å². The molecule has 2 N–H and O–H groups in total. The van der Waals surface area contributed by atoms with Crippen LogP contribution in [0, 0.1) is 5.82 Å². The topological polar surface area (TPSA) is 64.7 Å². The van der Waals surface area contributed by atoms with Gasteiger partial charge in [0.1, 0.15) is 5.82 Å². The van der Waals surface area contributed by atoms with E-state index in [9.17, 15) is 14.0 Å². The number of nitrogens with one attached hydrogen (secondary N) is 2. The van der Waals surface area contributed by atoms with Crippen LogP contribution in [0.1, 0.15) is 44.0 Å². The number of urea groups is 1. The normalized spacial score (nSPS) is 14.4. The van der Waals surface area contributed by atoms with Gasteiger partial charge in [0.2, 0.25) is 0 Å². The summed E-state index contributed by atoms with van der Waals surface area (Å²) in [6, 6.07) is 13.5. The molecule has 0 unspecified atom stereocenters. The van der Waals surface area contributed by atoms with Gasteiger partial charge in [-0.15, -0.1) is 0 Å². The molecule has 1 saturated heterocycles. The van der Waals surface area contributed by atoms with Gasteiger partial charge < -0.3 is 20.4 Å². The average Bonchev–Trinajstić information content (AvgIpc) is 2.76. The van der Waals surface area contributed by atoms with Crippen molar-refractivity contribution in [3.63, 3.8) is 0 Å². The van der Waals surface area contributed by atoms with Crippen LogP contribution in [0.3, 0.4) is 0 Å². The average molecular weight is 427 g/mol. The van der Waals surface area contributed by atoms with Crippen molar-refractivity contribution >= 4 is 23.3 Å². The number of benzene rings is 2. The van der Waals surface area contributed by atoms with E-state index in [1.165, 1.54) is 24.3 Å². The smallest absolute Gasteiger partial charge is 0.319 e. The molecule has 0 bridgehead atoms. The number of likely N-dealkylation sites (tertiary alicyclic amines) is 1. The van der Waals surface area contributed by atoms with Gasteiger partial charge >= 0.3 is 6.03 Å². The summed E-state index contributed by atoms with van der Waals surface area (Å²) in [5.74, 6) is -0.325. The summed E-state index contributed by atoms with van der Waals surface area (Å²) in [7, 11) is 0. The van der Waals surface area contributed by atoms with Crippen LogP contribution in [0.5, 0.6) is 0 Å². The Morgan fingerprint density at radius 1 is 1.06 bits per heavy atom. The number of piperidine rings is 1. The van der Waals surface area contributed by atoms with E-state index >= 15 is 0 Å². The first-order valence-corrected chi connectivity index (χ1v) is 10.9. The number of nitrogens with zero attached hydrogens (tertiary/aromatic N) is 2. The monoisotopic (exact) mass is 426 g/mol. The van der Waals surface area contributed by atoms with Gasteiger partial charge in [-0.1, -0.05) is 0 Å². The van der Waals surface area contributed by atoms with Crippen molar-refractivity contribution in [3.05, 3.63) is 59.9 Å². The third kappa shape index (κ3) is 5.96. The van der Waals surface area contributed by atoms with Crippen LogP contribution >= 0.6 is 0 Å². The number of anilines is 2. The van der Waals surface area contributed by atoms with Crippen LogP contribution in [0.15, 0.2) is 48.5 Å². The third-order valence-electron chi connectivity index (χ3n) is 5.63. The van der Waals surface area contributed by atoms with Crippen LogP contribution in [-0.2, 0) is 0 Å². The summed E-state index contributed by atoms with van der Waals surface area (Å²) in [4.78, 5) is 29.1. The number of carbonyl (C=O) groups excluding carboxylic acids is 2. The molecule has 1 aliphatic heterocycles. The first-order chi connectivity index (χ1) is 14.9. The molecule has 1 heterocycles. The van der Waals surface area contributed by atoms with E-state index in [4.69, 9.17) is 0 Å². The molecular formula is C24H31FN4O2. The lowest BCUT2D eigenvalue weighted by atomic mass is 10.0. The molecule has 7 heteroatoms. The molecule has 0 atom stereocenters. The van der Waals surface area contributed by atoms with Crippen LogP contribution in [0.25, 0.3) is 0 Å². The molecule has 6 nitrogen and oxygen atoms in total. The number of rotatable bonds is 6. The Morgan fingerprint density at radius 3 is 2.23 bits per heavy atom. The Labute approximate surface area is 183 Å².